The Morgan fingerprint density at radius 3 is 2.25 bits per heavy atom. The maximum Gasteiger partial charge on any atom is 0.264 e. The Hall–Kier alpha value is -3.47. The van der Waals surface area contributed by atoms with E-state index in [1.165, 1.54) is 63.9 Å². The topological polar surface area (TPSA) is 107 Å². The number of hydrazone groups is 1. The molecular formula is C24H23Cl2N3O6S. The summed E-state index contributed by atoms with van der Waals surface area (Å²) >= 11 is 12.0. The van der Waals surface area contributed by atoms with E-state index in [2.05, 4.69) is 10.5 Å². The van der Waals surface area contributed by atoms with E-state index in [0.717, 1.165) is 4.31 Å². The van der Waals surface area contributed by atoms with Gasteiger partial charge in [-0.25, -0.2) is 13.8 Å². The molecule has 1 amide bonds. The van der Waals surface area contributed by atoms with Crippen LogP contribution in [0.1, 0.15) is 5.56 Å². The van der Waals surface area contributed by atoms with Crippen molar-refractivity contribution in [1.82, 2.24) is 5.43 Å². The highest BCUT2D eigenvalue weighted by atomic mass is 35.5. The van der Waals surface area contributed by atoms with Crippen molar-refractivity contribution in [3.8, 4) is 17.2 Å². The van der Waals surface area contributed by atoms with Gasteiger partial charge in [0.05, 0.1) is 43.1 Å². The highest BCUT2D eigenvalue weighted by molar-refractivity contribution is 7.92. The summed E-state index contributed by atoms with van der Waals surface area (Å²) in [5.41, 5.74) is 3.08. The monoisotopic (exact) mass is 551 g/mol. The molecule has 0 heterocycles. The number of hydrogen-bond donors (Lipinski definition) is 1. The molecule has 0 saturated carbocycles. The Bertz CT molecular complexity index is 1360. The minimum Gasteiger partial charge on any atom is -0.497 e. The van der Waals surface area contributed by atoms with Gasteiger partial charge >= 0.3 is 0 Å². The van der Waals surface area contributed by atoms with Crippen LogP contribution in [0, 0.1) is 0 Å². The molecule has 36 heavy (non-hydrogen) atoms. The number of nitrogens with zero attached hydrogens (tertiary/aromatic N) is 2. The summed E-state index contributed by atoms with van der Waals surface area (Å²) in [4.78, 5) is 12.6. The van der Waals surface area contributed by atoms with Crippen molar-refractivity contribution < 1.29 is 27.4 Å². The SMILES string of the molecule is COc1ccc(N(CC(=O)N/N=C/c2ccc(Cl)cc2Cl)S(=O)(=O)c2ccc(OC)c(OC)c2)cc1. The Kier molecular flexibility index (Phi) is 9.03. The molecule has 0 aliphatic heterocycles. The quantitative estimate of drug-likeness (QED) is 0.296. The van der Waals surface area contributed by atoms with Crippen LogP contribution >= 0.6 is 23.2 Å². The van der Waals surface area contributed by atoms with Gasteiger partial charge in [0.1, 0.15) is 12.3 Å². The van der Waals surface area contributed by atoms with Gasteiger partial charge in [-0.3, -0.25) is 9.10 Å². The molecule has 12 heteroatoms. The number of anilines is 1. The second kappa shape index (κ2) is 12.0. The minimum atomic E-state index is -4.21. The second-order valence-electron chi connectivity index (χ2n) is 7.19. The third-order valence-corrected chi connectivity index (χ3v) is 7.28. The zero-order chi connectivity index (χ0) is 26.3. The Morgan fingerprint density at radius 2 is 1.64 bits per heavy atom. The van der Waals surface area contributed by atoms with Crippen molar-refractivity contribution in [3.05, 3.63) is 76.3 Å². The summed E-state index contributed by atoms with van der Waals surface area (Å²) in [6.45, 7) is -0.561. The molecule has 3 aromatic carbocycles. The number of rotatable bonds is 10. The molecule has 0 fully saturated rings. The zero-order valence-electron chi connectivity index (χ0n) is 19.6. The first-order valence-electron chi connectivity index (χ1n) is 10.4. The molecule has 190 valence electrons. The average Bonchev–Trinajstić information content (AvgIpc) is 2.88. The Morgan fingerprint density at radius 1 is 0.944 bits per heavy atom. The Balaban J connectivity index is 1.90. The predicted molar refractivity (Wildman–Crippen MR) is 139 cm³/mol. The van der Waals surface area contributed by atoms with Gasteiger partial charge in [-0.1, -0.05) is 29.3 Å². The first-order chi connectivity index (χ1) is 17.2. The molecule has 9 nitrogen and oxygen atoms in total. The fraction of sp³-hybridized carbons (Fsp3) is 0.167. The number of amides is 1. The number of sulfonamides is 1. The van der Waals surface area contributed by atoms with Crippen LogP contribution in [0.3, 0.4) is 0 Å². The van der Waals surface area contributed by atoms with E-state index in [1.807, 2.05) is 0 Å². The number of halogens is 2. The molecule has 0 radical (unpaired) electrons. The van der Waals surface area contributed by atoms with Gasteiger partial charge in [0.25, 0.3) is 15.9 Å². The average molecular weight is 552 g/mol. The van der Waals surface area contributed by atoms with Crippen LogP contribution in [0.15, 0.2) is 70.7 Å². The normalized spacial score (nSPS) is 11.2. The first kappa shape index (κ1) is 27.1. The van der Waals surface area contributed by atoms with Crippen molar-refractivity contribution >= 4 is 51.0 Å². The van der Waals surface area contributed by atoms with Crippen LogP contribution in [0.5, 0.6) is 17.2 Å². The van der Waals surface area contributed by atoms with Gasteiger partial charge in [-0.05, 0) is 48.5 Å². The van der Waals surface area contributed by atoms with E-state index in [4.69, 9.17) is 37.4 Å². The van der Waals surface area contributed by atoms with Crippen LogP contribution in [0.4, 0.5) is 5.69 Å². The number of carbonyl (C=O) groups is 1. The lowest BCUT2D eigenvalue weighted by molar-refractivity contribution is -0.119. The molecule has 0 unspecified atom stereocenters. The van der Waals surface area contributed by atoms with Crippen molar-refractivity contribution in [1.29, 1.82) is 0 Å². The van der Waals surface area contributed by atoms with E-state index >= 15 is 0 Å². The number of benzene rings is 3. The summed E-state index contributed by atoms with van der Waals surface area (Å²) in [5, 5.41) is 4.68. The third-order valence-electron chi connectivity index (χ3n) is 4.95. The zero-order valence-corrected chi connectivity index (χ0v) is 21.9. The Labute approximate surface area is 219 Å². The molecule has 0 saturated heterocycles. The second-order valence-corrected chi connectivity index (χ2v) is 9.89. The maximum absolute atomic E-state index is 13.6. The minimum absolute atomic E-state index is 0.0970. The smallest absolute Gasteiger partial charge is 0.264 e. The lowest BCUT2D eigenvalue weighted by atomic mass is 10.2. The lowest BCUT2D eigenvalue weighted by Gasteiger charge is -2.24. The molecule has 0 atom stereocenters. The predicted octanol–water partition coefficient (Wildman–Crippen LogP) is 4.36. The van der Waals surface area contributed by atoms with Crippen LogP contribution in [0.25, 0.3) is 0 Å². The summed E-state index contributed by atoms with van der Waals surface area (Å²) in [6, 6.07) is 15.2. The van der Waals surface area contributed by atoms with Crippen molar-refractivity contribution in [3.63, 3.8) is 0 Å². The number of nitrogens with one attached hydrogen (secondary N) is 1. The highest BCUT2D eigenvalue weighted by Crippen LogP contribution is 2.32. The van der Waals surface area contributed by atoms with E-state index in [0.29, 0.717) is 27.1 Å². The maximum atomic E-state index is 13.6. The van der Waals surface area contributed by atoms with Gasteiger partial charge in [0.2, 0.25) is 0 Å². The van der Waals surface area contributed by atoms with Gasteiger partial charge in [0.15, 0.2) is 11.5 Å². The first-order valence-corrected chi connectivity index (χ1v) is 12.5. The van der Waals surface area contributed by atoms with Crippen LogP contribution in [0.2, 0.25) is 10.0 Å². The third kappa shape index (κ3) is 6.39. The lowest BCUT2D eigenvalue weighted by Crippen LogP contribution is -2.39. The molecule has 3 aromatic rings. The molecular weight excluding hydrogens is 529 g/mol. The number of hydrogen-bond acceptors (Lipinski definition) is 7. The number of ether oxygens (including phenoxy) is 3. The van der Waals surface area contributed by atoms with E-state index in [1.54, 1.807) is 24.3 Å². The van der Waals surface area contributed by atoms with E-state index in [-0.39, 0.29) is 16.3 Å². The van der Waals surface area contributed by atoms with Crippen molar-refractivity contribution in [2.75, 3.05) is 32.2 Å². The highest BCUT2D eigenvalue weighted by Gasteiger charge is 2.28. The summed E-state index contributed by atoms with van der Waals surface area (Å²) < 4.78 is 43.8. The van der Waals surface area contributed by atoms with Gasteiger partial charge in [0, 0.05) is 16.7 Å². The van der Waals surface area contributed by atoms with E-state index < -0.39 is 22.5 Å². The van der Waals surface area contributed by atoms with Gasteiger partial charge < -0.3 is 14.2 Å². The molecule has 3 rings (SSSR count). The molecule has 1 N–H and O–H groups in total. The number of methoxy groups -OCH3 is 3. The van der Waals surface area contributed by atoms with Crippen molar-refractivity contribution in [2.45, 2.75) is 4.90 Å². The molecule has 0 aliphatic carbocycles. The largest absolute Gasteiger partial charge is 0.497 e. The summed E-state index contributed by atoms with van der Waals surface area (Å²) in [5.74, 6) is 0.426. The van der Waals surface area contributed by atoms with Crippen LogP contribution in [-0.4, -0.2) is 48.4 Å². The summed E-state index contributed by atoms with van der Waals surface area (Å²) in [6.07, 6.45) is 1.33. The fourth-order valence-corrected chi connectivity index (χ4v) is 5.01. The van der Waals surface area contributed by atoms with Gasteiger partial charge in [-0.15, -0.1) is 0 Å². The van der Waals surface area contributed by atoms with Crippen LogP contribution in [-0.2, 0) is 14.8 Å². The summed E-state index contributed by atoms with van der Waals surface area (Å²) in [7, 11) is 0.124. The molecule has 0 aliphatic rings. The molecule has 0 spiro atoms. The van der Waals surface area contributed by atoms with E-state index in [9.17, 15) is 13.2 Å². The number of carbonyl (C=O) groups excluding carboxylic acids is 1. The molecule has 0 aromatic heterocycles. The van der Waals surface area contributed by atoms with Gasteiger partial charge in [-0.2, -0.15) is 5.10 Å². The molecule has 0 bridgehead atoms. The fourth-order valence-electron chi connectivity index (χ4n) is 3.11. The van der Waals surface area contributed by atoms with Crippen LogP contribution < -0.4 is 23.9 Å². The van der Waals surface area contributed by atoms with Crippen molar-refractivity contribution in [2.24, 2.45) is 5.10 Å². The standard InChI is InChI=1S/C24H23Cl2N3O6S/c1-33-19-8-6-18(7-9-19)29(36(31,32)20-10-11-22(34-2)23(13-20)35-3)15-24(30)28-27-14-16-4-5-17(25)12-21(16)26/h4-14H,15H2,1-3H3,(H,28,30)/b27-14+.